The van der Waals surface area contributed by atoms with E-state index in [0.29, 0.717) is 24.4 Å². The van der Waals surface area contributed by atoms with Crippen LogP contribution < -0.4 is 0 Å². The van der Waals surface area contributed by atoms with Crippen LogP contribution in [0, 0.1) is 12.8 Å². The van der Waals surface area contributed by atoms with Crippen molar-refractivity contribution in [1.29, 1.82) is 0 Å². The first-order chi connectivity index (χ1) is 8.82. The normalized spacial score (nSPS) is 22.6. The molecule has 4 nitrogen and oxygen atoms in total. The largest absolute Gasteiger partial charge is 0.393 e. The van der Waals surface area contributed by atoms with Crippen LogP contribution in [-0.2, 0) is 10.0 Å². The molecule has 1 N–H and O–H groups in total. The predicted octanol–water partition coefficient (Wildman–Crippen LogP) is 2.15. The summed E-state index contributed by atoms with van der Waals surface area (Å²) in [5.74, 6) is 0.0329. The fourth-order valence-electron chi connectivity index (χ4n) is 2.41. The second-order valence-corrected chi connectivity index (χ2v) is 7.88. The topological polar surface area (TPSA) is 57.6 Å². The van der Waals surface area contributed by atoms with Gasteiger partial charge in [0.25, 0.3) is 0 Å². The smallest absolute Gasteiger partial charge is 0.243 e. The highest BCUT2D eigenvalue weighted by Crippen LogP contribution is 2.28. The van der Waals surface area contributed by atoms with Gasteiger partial charge in [-0.25, -0.2) is 8.42 Å². The summed E-state index contributed by atoms with van der Waals surface area (Å²) in [6.45, 7) is 4.38. The van der Waals surface area contributed by atoms with E-state index in [0.717, 1.165) is 10.0 Å². The molecule has 0 saturated carbocycles. The van der Waals surface area contributed by atoms with Gasteiger partial charge in [-0.2, -0.15) is 4.31 Å². The van der Waals surface area contributed by atoms with Crippen LogP contribution in [0.5, 0.6) is 0 Å². The molecule has 2 rings (SSSR count). The van der Waals surface area contributed by atoms with Crippen molar-refractivity contribution in [3.63, 3.8) is 0 Å². The van der Waals surface area contributed by atoms with Gasteiger partial charge < -0.3 is 5.11 Å². The van der Waals surface area contributed by atoms with E-state index in [-0.39, 0.29) is 5.92 Å². The Balaban J connectivity index is 2.29. The Morgan fingerprint density at radius 2 is 2.16 bits per heavy atom. The van der Waals surface area contributed by atoms with Crippen LogP contribution in [0.3, 0.4) is 0 Å². The Hall–Kier alpha value is -0.430. The fourth-order valence-corrected chi connectivity index (χ4v) is 4.60. The van der Waals surface area contributed by atoms with E-state index >= 15 is 0 Å². The molecule has 2 atom stereocenters. The molecule has 0 amide bonds. The van der Waals surface area contributed by atoms with Crippen LogP contribution in [0.4, 0.5) is 0 Å². The number of benzene rings is 1. The predicted molar refractivity (Wildman–Crippen MR) is 77.4 cm³/mol. The van der Waals surface area contributed by atoms with E-state index in [9.17, 15) is 13.5 Å². The maximum Gasteiger partial charge on any atom is 0.243 e. The third-order valence-corrected chi connectivity index (χ3v) is 6.14. The summed E-state index contributed by atoms with van der Waals surface area (Å²) < 4.78 is 27.5. The number of halogens is 1. The number of sulfonamides is 1. The number of aryl methyl sites for hydroxylation is 1. The fraction of sp³-hybridized carbons (Fsp3) is 0.538. The highest BCUT2D eigenvalue weighted by Gasteiger charge is 2.34. The Bertz CT molecular complexity index is 571. The number of nitrogens with zero attached hydrogens (tertiary/aromatic N) is 1. The SMILES string of the molecule is Cc1cc(Br)ccc1S(=O)(=O)N1CC[C@@H]([C@@H](C)O)C1. The summed E-state index contributed by atoms with van der Waals surface area (Å²) in [6.07, 6.45) is 0.248. The number of hydrogen-bond donors (Lipinski definition) is 1. The van der Waals surface area contributed by atoms with Crippen LogP contribution in [-0.4, -0.2) is 37.0 Å². The lowest BCUT2D eigenvalue weighted by molar-refractivity contribution is 0.133. The van der Waals surface area contributed by atoms with Gasteiger partial charge in [0.2, 0.25) is 10.0 Å². The van der Waals surface area contributed by atoms with Crippen molar-refractivity contribution >= 4 is 26.0 Å². The van der Waals surface area contributed by atoms with Crippen LogP contribution in [0.25, 0.3) is 0 Å². The van der Waals surface area contributed by atoms with Gasteiger partial charge >= 0.3 is 0 Å². The minimum atomic E-state index is -3.45. The van der Waals surface area contributed by atoms with Crippen LogP contribution in [0.1, 0.15) is 18.9 Å². The van der Waals surface area contributed by atoms with E-state index in [4.69, 9.17) is 0 Å². The second kappa shape index (κ2) is 5.52. The van der Waals surface area contributed by atoms with Crippen molar-refractivity contribution in [1.82, 2.24) is 4.31 Å². The average Bonchev–Trinajstić information content (AvgIpc) is 2.78. The summed E-state index contributed by atoms with van der Waals surface area (Å²) in [5, 5.41) is 9.57. The van der Waals surface area contributed by atoms with Crippen molar-refractivity contribution in [2.75, 3.05) is 13.1 Å². The molecular formula is C13H18BrNO3S. The molecule has 0 aliphatic carbocycles. The monoisotopic (exact) mass is 347 g/mol. The van der Waals surface area contributed by atoms with Crippen molar-refractivity contribution in [2.45, 2.75) is 31.3 Å². The molecule has 0 spiro atoms. The molecule has 106 valence electrons. The maximum absolute atomic E-state index is 12.6. The van der Waals surface area contributed by atoms with Gasteiger partial charge in [0.05, 0.1) is 11.0 Å². The minimum absolute atomic E-state index is 0.0329. The third-order valence-electron chi connectivity index (χ3n) is 3.62. The van der Waals surface area contributed by atoms with E-state index in [2.05, 4.69) is 15.9 Å². The summed E-state index contributed by atoms with van der Waals surface area (Å²) in [6, 6.07) is 5.17. The summed E-state index contributed by atoms with van der Waals surface area (Å²) in [7, 11) is -3.45. The molecular weight excluding hydrogens is 330 g/mol. The van der Waals surface area contributed by atoms with Gasteiger partial charge in [-0.05, 0) is 49.9 Å². The maximum atomic E-state index is 12.6. The molecule has 6 heteroatoms. The molecule has 1 aliphatic rings. The Labute approximate surface area is 122 Å². The van der Waals surface area contributed by atoms with Crippen molar-refractivity contribution < 1.29 is 13.5 Å². The summed E-state index contributed by atoms with van der Waals surface area (Å²) in [4.78, 5) is 0.349. The highest BCUT2D eigenvalue weighted by molar-refractivity contribution is 9.10. The van der Waals surface area contributed by atoms with Gasteiger partial charge in [-0.3, -0.25) is 0 Å². The van der Waals surface area contributed by atoms with E-state index in [1.54, 1.807) is 32.0 Å². The lowest BCUT2D eigenvalue weighted by Crippen LogP contribution is -2.31. The quantitative estimate of drug-likeness (QED) is 0.911. The third kappa shape index (κ3) is 3.02. The molecule has 1 heterocycles. The van der Waals surface area contributed by atoms with Gasteiger partial charge in [0, 0.05) is 17.6 Å². The summed E-state index contributed by atoms with van der Waals surface area (Å²) in [5.41, 5.74) is 0.731. The van der Waals surface area contributed by atoms with Gasteiger partial charge in [-0.1, -0.05) is 15.9 Å². The lowest BCUT2D eigenvalue weighted by Gasteiger charge is -2.19. The Morgan fingerprint density at radius 1 is 1.47 bits per heavy atom. The highest BCUT2D eigenvalue weighted by atomic mass is 79.9. The van der Waals surface area contributed by atoms with Gasteiger partial charge in [-0.15, -0.1) is 0 Å². The first-order valence-corrected chi connectivity index (χ1v) is 8.50. The molecule has 1 saturated heterocycles. The molecule has 0 unspecified atom stereocenters. The van der Waals surface area contributed by atoms with Crippen LogP contribution >= 0.6 is 15.9 Å². The van der Waals surface area contributed by atoms with E-state index < -0.39 is 16.1 Å². The molecule has 1 aromatic rings. The van der Waals surface area contributed by atoms with Crippen LogP contribution in [0.2, 0.25) is 0 Å². The standard InChI is InChI=1S/C13H18BrNO3S/c1-9-7-12(14)3-4-13(9)19(17,18)15-6-5-11(8-15)10(2)16/h3-4,7,10-11,16H,5-6,8H2,1-2H3/t10-,11-/m1/s1. The minimum Gasteiger partial charge on any atom is -0.393 e. The van der Waals surface area contributed by atoms with Gasteiger partial charge in [0.1, 0.15) is 0 Å². The molecule has 1 aromatic carbocycles. The number of hydrogen-bond acceptors (Lipinski definition) is 3. The molecule has 19 heavy (non-hydrogen) atoms. The first kappa shape index (κ1) is 15.0. The van der Waals surface area contributed by atoms with E-state index in [1.807, 2.05) is 0 Å². The summed E-state index contributed by atoms with van der Waals surface area (Å²) >= 11 is 3.33. The first-order valence-electron chi connectivity index (χ1n) is 6.26. The van der Waals surface area contributed by atoms with Gasteiger partial charge in [0.15, 0.2) is 0 Å². The van der Waals surface area contributed by atoms with Crippen LogP contribution in [0.15, 0.2) is 27.6 Å². The van der Waals surface area contributed by atoms with Crippen molar-refractivity contribution in [3.05, 3.63) is 28.2 Å². The van der Waals surface area contributed by atoms with E-state index in [1.165, 1.54) is 4.31 Å². The van der Waals surface area contributed by atoms with Crippen molar-refractivity contribution in [2.24, 2.45) is 5.92 Å². The zero-order valence-corrected chi connectivity index (χ0v) is 13.4. The zero-order chi connectivity index (χ0) is 14.2. The number of rotatable bonds is 3. The lowest BCUT2D eigenvalue weighted by atomic mass is 10.0. The zero-order valence-electron chi connectivity index (χ0n) is 11.0. The number of aliphatic hydroxyl groups is 1. The average molecular weight is 348 g/mol. The molecule has 0 bridgehead atoms. The molecule has 0 radical (unpaired) electrons. The molecule has 1 fully saturated rings. The molecule has 0 aromatic heterocycles. The number of aliphatic hydroxyl groups excluding tert-OH is 1. The molecule has 1 aliphatic heterocycles. The van der Waals surface area contributed by atoms with Crippen molar-refractivity contribution in [3.8, 4) is 0 Å². The second-order valence-electron chi connectivity index (χ2n) is 5.06. The Morgan fingerprint density at radius 3 is 2.68 bits per heavy atom. The Kier molecular flexibility index (Phi) is 4.35.